The van der Waals surface area contributed by atoms with Gasteiger partial charge in [-0.2, -0.15) is 0 Å². The van der Waals surface area contributed by atoms with Crippen LogP contribution < -0.4 is 5.56 Å². The zero-order chi connectivity index (χ0) is 15.0. The number of aryl methyl sites for hydroxylation is 1. The van der Waals surface area contributed by atoms with E-state index in [1.54, 1.807) is 6.92 Å². The maximum Gasteiger partial charge on any atom is 0.345 e. The molecule has 2 heterocycles. The smallest absolute Gasteiger partial charge is 0.345 e. The van der Waals surface area contributed by atoms with Crippen molar-refractivity contribution in [3.05, 3.63) is 52.2 Å². The molecule has 3 rings (SSSR count). The third kappa shape index (κ3) is 2.14. The number of esters is 1. The summed E-state index contributed by atoms with van der Waals surface area (Å²) in [4.78, 5) is 32.6. The van der Waals surface area contributed by atoms with Crippen molar-refractivity contribution in [2.45, 2.75) is 13.8 Å². The van der Waals surface area contributed by atoms with Crippen LogP contribution in [0.2, 0.25) is 0 Å². The van der Waals surface area contributed by atoms with Crippen molar-refractivity contribution in [2.24, 2.45) is 0 Å². The first kappa shape index (κ1) is 13.2. The predicted octanol–water partition coefficient (Wildman–Crippen LogP) is 1.73. The van der Waals surface area contributed by atoms with E-state index in [1.807, 2.05) is 25.1 Å². The highest BCUT2D eigenvalue weighted by Crippen LogP contribution is 2.17. The molecule has 0 aliphatic carbocycles. The number of hydrogen-bond acceptors (Lipinski definition) is 5. The van der Waals surface area contributed by atoms with Crippen LogP contribution in [0.15, 0.2) is 35.5 Å². The van der Waals surface area contributed by atoms with E-state index in [-0.39, 0.29) is 12.2 Å². The summed E-state index contributed by atoms with van der Waals surface area (Å²) in [6, 6.07) is 5.72. The van der Waals surface area contributed by atoms with Gasteiger partial charge in [0.25, 0.3) is 5.56 Å². The molecule has 0 amide bonds. The summed E-state index contributed by atoms with van der Waals surface area (Å²) in [5, 5.41) is 0.769. The fourth-order valence-corrected chi connectivity index (χ4v) is 2.19. The number of aromatic nitrogens is 3. The van der Waals surface area contributed by atoms with E-state index in [0.29, 0.717) is 5.65 Å². The molecule has 0 bridgehead atoms. The maximum atomic E-state index is 12.4. The quantitative estimate of drug-likeness (QED) is 0.529. The second-order valence-corrected chi connectivity index (χ2v) is 4.66. The van der Waals surface area contributed by atoms with Gasteiger partial charge >= 0.3 is 5.97 Å². The third-order valence-corrected chi connectivity index (χ3v) is 3.19. The Balaban J connectivity index is 2.33. The van der Waals surface area contributed by atoms with Crippen LogP contribution in [0.5, 0.6) is 0 Å². The molecule has 0 N–H and O–H groups in total. The van der Waals surface area contributed by atoms with Crippen LogP contribution in [-0.4, -0.2) is 26.9 Å². The van der Waals surface area contributed by atoms with Crippen LogP contribution in [0.25, 0.3) is 16.6 Å². The molecule has 0 saturated heterocycles. The highest BCUT2D eigenvalue weighted by molar-refractivity contribution is 5.93. The van der Waals surface area contributed by atoms with Crippen LogP contribution in [0.3, 0.4) is 0 Å². The largest absolute Gasteiger partial charge is 0.462 e. The number of ether oxygens (including phenoxy) is 1. The van der Waals surface area contributed by atoms with Gasteiger partial charge in [0.2, 0.25) is 0 Å². The highest BCUT2D eigenvalue weighted by atomic mass is 16.5. The molecular formula is C15H13N3O3. The molecule has 2 aromatic heterocycles. The van der Waals surface area contributed by atoms with Crippen molar-refractivity contribution >= 4 is 22.5 Å². The van der Waals surface area contributed by atoms with Crippen molar-refractivity contribution < 1.29 is 9.53 Å². The van der Waals surface area contributed by atoms with Gasteiger partial charge in [0.1, 0.15) is 17.5 Å². The van der Waals surface area contributed by atoms with Crippen molar-refractivity contribution in [2.75, 3.05) is 6.61 Å². The predicted molar refractivity (Wildman–Crippen MR) is 77.5 cm³/mol. The summed E-state index contributed by atoms with van der Waals surface area (Å²) in [6.07, 6.45) is 2.64. The Hall–Kier alpha value is -2.76. The van der Waals surface area contributed by atoms with Crippen LogP contribution in [0.4, 0.5) is 0 Å². The zero-order valence-corrected chi connectivity index (χ0v) is 11.7. The summed E-state index contributed by atoms with van der Waals surface area (Å²) in [5.74, 6) is -0.672. The Morgan fingerprint density at radius 2 is 2.14 bits per heavy atom. The Morgan fingerprint density at radius 3 is 2.90 bits per heavy atom. The highest BCUT2D eigenvalue weighted by Gasteiger charge is 2.15. The average Bonchev–Trinajstić information content (AvgIpc) is 2.47. The second-order valence-electron chi connectivity index (χ2n) is 4.66. The number of hydrogen-bond donors (Lipinski definition) is 0. The van der Waals surface area contributed by atoms with E-state index in [9.17, 15) is 9.59 Å². The summed E-state index contributed by atoms with van der Waals surface area (Å²) < 4.78 is 6.12. The second kappa shape index (κ2) is 4.97. The molecule has 6 heteroatoms. The first-order valence-electron chi connectivity index (χ1n) is 6.55. The summed E-state index contributed by atoms with van der Waals surface area (Å²) in [7, 11) is 0. The third-order valence-electron chi connectivity index (χ3n) is 3.19. The van der Waals surface area contributed by atoms with E-state index in [1.165, 1.54) is 16.9 Å². The zero-order valence-electron chi connectivity index (χ0n) is 11.7. The molecule has 0 atom stereocenters. The normalized spacial score (nSPS) is 11.0. The van der Waals surface area contributed by atoms with E-state index < -0.39 is 11.5 Å². The van der Waals surface area contributed by atoms with Crippen LogP contribution in [0.1, 0.15) is 22.8 Å². The molecule has 0 fully saturated rings. The van der Waals surface area contributed by atoms with Gasteiger partial charge < -0.3 is 4.74 Å². The molecule has 0 aliphatic rings. The Morgan fingerprint density at radius 1 is 1.33 bits per heavy atom. The van der Waals surface area contributed by atoms with Crippen LogP contribution >= 0.6 is 0 Å². The molecule has 6 nitrogen and oxygen atoms in total. The number of benzene rings is 1. The Kier molecular flexibility index (Phi) is 3.13. The minimum absolute atomic E-state index is 0.0943. The van der Waals surface area contributed by atoms with Gasteiger partial charge in [-0.1, -0.05) is 11.6 Å². The van der Waals surface area contributed by atoms with E-state index in [4.69, 9.17) is 4.74 Å². The number of fused-ring (bicyclic) bond motifs is 3. The lowest BCUT2D eigenvalue weighted by molar-refractivity contribution is 0.0523. The molecule has 0 unspecified atom stereocenters. The summed E-state index contributed by atoms with van der Waals surface area (Å²) >= 11 is 0. The van der Waals surface area contributed by atoms with Crippen LogP contribution in [0, 0.1) is 6.92 Å². The molecule has 106 valence electrons. The van der Waals surface area contributed by atoms with Gasteiger partial charge in [-0.15, -0.1) is 0 Å². The lowest BCUT2D eigenvalue weighted by Crippen LogP contribution is -2.24. The van der Waals surface area contributed by atoms with Gasteiger partial charge in [-0.05, 0) is 26.0 Å². The number of carbonyl (C=O) groups excluding carboxylic acids is 1. The lowest BCUT2D eigenvalue weighted by Gasteiger charge is -2.06. The first-order valence-corrected chi connectivity index (χ1v) is 6.55. The van der Waals surface area contributed by atoms with E-state index >= 15 is 0 Å². The van der Waals surface area contributed by atoms with Crippen molar-refractivity contribution in [1.82, 2.24) is 14.4 Å². The van der Waals surface area contributed by atoms with Gasteiger partial charge in [0.15, 0.2) is 0 Å². The molecule has 21 heavy (non-hydrogen) atoms. The summed E-state index contributed by atoms with van der Waals surface area (Å²) in [6.45, 7) is 3.84. The first-order chi connectivity index (χ1) is 10.1. The van der Waals surface area contributed by atoms with Crippen molar-refractivity contribution in [3.63, 3.8) is 0 Å². The fraction of sp³-hybridized carbons (Fsp3) is 0.200. The average molecular weight is 283 g/mol. The lowest BCUT2D eigenvalue weighted by atomic mass is 10.1. The SMILES string of the molecule is CCOC(=O)c1cnc2c3cc(C)ccc3ncn2c1=O. The standard InChI is InChI=1S/C15H13N3O3/c1-3-21-15(20)11-7-16-13-10-6-9(2)4-5-12(10)17-8-18(13)14(11)19/h4-8H,3H2,1-2H3. The molecular weight excluding hydrogens is 270 g/mol. The minimum Gasteiger partial charge on any atom is -0.462 e. The maximum absolute atomic E-state index is 12.4. The Bertz CT molecular complexity index is 915. The van der Waals surface area contributed by atoms with Crippen molar-refractivity contribution in [1.29, 1.82) is 0 Å². The minimum atomic E-state index is -0.672. The number of nitrogens with zero attached hydrogens (tertiary/aromatic N) is 3. The Labute approximate surface area is 120 Å². The molecule has 1 aromatic carbocycles. The van der Waals surface area contributed by atoms with E-state index in [0.717, 1.165) is 16.5 Å². The van der Waals surface area contributed by atoms with Crippen LogP contribution in [-0.2, 0) is 4.74 Å². The molecule has 0 aliphatic heterocycles. The fourth-order valence-electron chi connectivity index (χ4n) is 2.19. The topological polar surface area (TPSA) is 73.6 Å². The molecule has 0 spiro atoms. The molecule has 0 saturated carbocycles. The molecule has 0 radical (unpaired) electrons. The van der Waals surface area contributed by atoms with E-state index in [2.05, 4.69) is 9.97 Å². The monoisotopic (exact) mass is 283 g/mol. The van der Waals surface area contributed by atoms with Crippen molar-refractivity contribution in [3.8, 4) is 0 Å². The van der Waals surface area contributed by atoms with Gasteiger partial charge in [0.05, 0.1) is 12.1 Å². The van der Waals surface area contributed by atoms with Gasteiger partial charge in [-0.25, -0.2) is 19.2 Å². The van der Waals surface area contributed by atoms with Gasteiger partial charge in [0, 0.05) is 11.6 Å². The molecule has 3 aromatic rings. The van der Waals surface area contributed by atoms with Gasteiger partial charge in [-0.3, -0.25) is 4.79 Å². The number of rotatable bonds is 2. The summed E-state index contributed by atoms with van der Waals surface area (Å²) in [5.41, 5.74) is 1.69. The number of carbonyl (C=O) groups is 1.